The van der Waals surface area contributed by atoms with Crippen molar-refractivity contribution in [3.63, 3.8) is 0 Å². The fraction of sp³-hybridized carbons (Fsp3) is 0.872. The number of ether oxygens (including phenoxy) is 1. The molecule has 3 atom stereocenters. The van der Waals surface area contributed by atoms with Crippen LogP contribution >= 0.6 is 0 Å². The first-order valence-corrected chi connectivity index (χ1v) is 23.1. The first-order chi connectivity index (χ1) is 26.0. The number of unbranched alkanes of at least 4 members (excludes halogenated alkanes) is 26. The lowest BCUT2D eigenvalue weighted by Crippen LogP contribution is -2.46. The molecular weight excluding hydrogens is 659 g/mol. The summed E-state index contributed by atoms with van der Waals surface area (Å²) in [5.41, 5.74) is 0. The second kappa shape index (κ2) is 41.5. The van der Waals surface area contributed by atoms with E-state index in [1.54, 1.807) is 0 Å². The Morgan fingerprint density at radius 1 is 0.547 bits per heavy atom. The van der Waals surface area contributed by atoms with Gasteiger partial charge in [0.15, 0.2) is 0 Å². The van der Waals surface area contributed by atoms with E-state index < -0.39 is 18.2 Å². The molecule has 0 spiro atoms. The van der Waals surface area contributed by atoms with E-state index in [0.717, 1.165) is 77.0 Å². The highest BCUT2D eigenvalue weighted by atomic mass is 16.5. The molecular formula is C47H89NO5. The van der Waals surface area contributed by atoms with E-state index in [2.05, 4.69) is 50.4 Å². The molecule has 0 aromatic heterocycles. The van der Waals surface area contributed by atoms with Gasteiger partial charge < -0.3 is 20.3 Å². The van der Waals surface area contributed by atoms with Crippen molar-refractivity contribution in [2.24, 2.45) is 0 Å². The minimum Gasteiger partial charge on any atom is -0.462 e. The third kappa shape index (κ3) is 37.1. The van der Waals surface area contributed by atoms with E-state index in [4.69, 9.17) is 4.74 Å². The molecule has 0 rings (SSSR count). The molecule has 0 saturated carbocycles. The predicted octanol–water partition coefficient (Wildman–Crippen LogP) is 13.2. The Labute approximate surface area is 329 Å². The predicted molar refractivity (Wildman–Crippen MR) is 227 cm³/mol. The van der Waals surface area contributed by atoms with Gasteiger partial charge in [-0.1, -0.05) is 199 Å². The van der Waals surface area contributed by atoms with Crippen LogP contribution in [0.15, 0.2) is 24.3 Å². The number of aliphatic hydroxyl groups excluding tert-OH is 2. The van der Waals surface area contributed by atoms with Crippen LogP contribution in [0, 0.1) is 0 Å². The normalized spacial score (nSPS) is 13.5. The van der Waals surface area contributed by atoms with Gasteiger partial charge >= 0.3 is 5.97 Å². The van der Waals surface area contributed by atoms with Crippen molar-refractivity contribution in [1.29, 1.82) is 0 Å². The fourth-order valence-electron chi connectivity index (χ4n) is 7.01. The molecule has 6 heteroatoms. The van der Waals surface area contributed by atoms with Crippen LogP contribution in [0.3, 0.4) is 0 Å². The molecule has 0 aromatic carbocycles. The molecule has 0 aliphatic rings. The minimum absolute atomic E-state index is 0.0683. The van der Waals surface area contributed by atoms with Crippen molar-refractivity contribution in [3.05, 3.63) is 24.3 Å². The lowest BCUT2D eigenvalue weighted by molar-refractivity contribution is -0.151. The van der Waals surface area contributed by atoms with E-state index in [0.29, 0.717) is 19.3 Å². The van der Waals surface area contributed by atoms with Crippen LogP contribution in [-0.2, 0) is 14.3 Å². The maximum atomic E-state index is 13.1. The van der Waals surface area contributed by atoms with E-state index >= 15 is 0 Å². The Kier molecular flexibility index (Phi) is 40.2. The summed E-state index contributed by atoms with van der Waals surface area (Å²) in [6.45, 7) is 6.42. The second-order valence-corrected chi connectivity index (χ2v) is 15.8. The number of rotatable bonds is 41. The molecule has 1 amide bonds. The fourth-order valence-corrected chi connectivity index (χ4v) is 7.01. The number of allylic oxidation sites excluding steroid dienone is 4. The van der Waals surface area contributed by atoms with E-state index in [1.165, 1.54) is 116 Å². The molecule has 0 aliphatic carbocycles. The number of nitrogens with one attached hydrogen (secondary N) is 1. The average molecular weight is 748 g/mol. The Balaban J connectivity index is 4.63. The number of carbonyl (C=O) groups excluding carboxylic acids is 2. The highest BCUT2D eigenvalue weighted by molar-refractivity contribution is 5.77. The summed E-state index contributed by atoms with van der Waals surface area (Å²) in [5, 5.41) is 23.6. The maximum Gasteiger partial charge on any atom is 0.306 e. The van der Waals surface area contributed by atoms with Gasteiger partial charge in [-0.3, -0.25) is 9.59 Å². The van der Waals surface area contributed by atoms with Crippen molar-refractivity contribution < 1.29 is 24.5 Å². The average Bonchev–Trinajstić information content (AvgIpc) is 3.15. The molecule has 0 saturated heterocycles. The Hall–Kier alpha value is -1.66. The summed E-state index contributed by atoms with van der Waals surface area (Å²) in [6, 6.07) is -0.701. The number of hydrogen-bond acceptors (Lipinski definition) is 5. The van der Waals surface area contributed by atoms with Crippen LogP contribution in [0.5, 0.6) is 0 Å². The van der Waals surface area contributed by atoms with Gasteiger partial charge in [-0.15, -0.1) is 0 Å². The number of hydrogen-bond donors (Lipinski definition) is 3. The van der Waals surface area contributed by atoms with Crippen molar-refractivity contribution in [1.82, 2.24) is 5.32 Å². The molecule has 0 aromatic rings. The highest BCUT2D eigenvalue weighted by Crippen LogP contribution is 2.17. The summed E-state index contributed by atoms with van der Waals surface area (Å²) in [4.78, 5) is 25.9. The summed E-state index contributed by atoms with van der Waals surface area (Å²) >= 11 is 0. The lowest BCUT2D eigenvalue weighted by Gasteiger charge is -2.24. The monoisotopic (exact) mass is 748 g/mol. The van der Waals surface area contributed by atoms with Crippen molar-refractivity contribution in [2.75, 3.05) is 6.61 Å². The first kappa shape index (κ1) is 51.3. The molecule has 3 unspecified atom stereocenters. The molecule has 312 valence electrons. The summed E-state index contributed by atoms with van der Waals surface area (Å²) < 4.78 is 5.89. The van der Waals surface area contributed by atoms with Gasteiger partial charge in [0, 0.05) is 6.42 Å². The van der Waals surface area contributed by atoms with Crippen LogP contribution in [-0.4, -0.2) is 46.9 Å². The lowest BCUT2D eigenvalue weighted by atomic mass is 10.0. The summed E-state index contributed by atoms with van der Waals surface area (Å²) in [5.74, 6) is -0.488. The summed E-state index contributed by atoms with van der Waals surface area (Å²) in [7, 11) is 0. The van der Waals surface area contributed by atoms with Crippen LogP contribution in [0.4, 0.5) is 0 Å². The van der Waals surface area contributed by atoms with Gasteiger partial charge in [-0.25, -0.2) is 0 Å². The van der Waals surface area contributed by atoms with Crippen molar-refractivity contribution >= 4 is 11.9 Å². The molecule has 0 bridgehead atoms. The molecule has 53 heavy (non-hydrogen) atoms. The molecule has 0 aliphatic heterocycles. The Morgan fingerprint density at radius 3 is 1.43 bits per heavy atom. The van der Waals surface area contributed by atoms with Crippen LogP contribution in [0.25, 0.3) is 0 Å². The third-order valence-electron chi connectivity index (χ3n) is 10.6. The molecule has 3 N–H and O–H groups in total. The SMILES string of the molecule is CCCCC/C=C/C=C/CCCCCCC(CC(=O)NC(CO)C(O)CCCCCCCCCCCC)OC(=O)CCCCCCCCCCCCC. The van der Waals surface area contributed by atoms with Crippen LogP contribution in [0.1, 0.15) is 239 Å². The largest absolute Gasteiger partial charge is 0.462 e. The maximum absolute atomic E-state index is 13.1. The number of aliphatic hydroxyl groups is 2. The van der Waals surface area contributed by atoms with Gasteiger partial charge in [0.05, 0.1) is 25.2 Å². The summed E-state index contributed by atoms with van der Waals surface area (Å²) in [6.07, 6.45) is 45.2. The molecule has 0 fully saturated rings. The number of carbonyl (C=O) groups is 2. The number of amides is 1. The third-order valence-corrected chi connectivity index (χ3v) is 10.6. The Morgan fingerprint density at radius 2 is 0.943 bits per heavy atom. The smallest absolute Gasteiger partial charge is 0.306 e. The zero-order valence-corrected chi connectivity index (χ0v) is 35.4. The van der Waals surface area contributed by atoms with Gasteiger partial charge in [-0.05, 0) is 51.4 Å². The molecule has 0 radical (unpaired) electrons. The Bertz CT molecular complexity index is 843. The number of esters is 1. The van der Waals surface area contributed by atoms with Crippen LogP contribution < -0.4 is 5.32 Å². The molecule has 0 heterocycles. The van der Waals surface area contributed by atoms with Gasteiger partial charge in [0.2, 0.25) is 5.91 Å². The topological polar surface area (TPSA) is 95.9 Å². The van der Waals surface area contributed by atoms with E-state index in [9.17, 15) is 19.8 Å². The van der Waals surface area contributed by atoms with Gasteiger partial charge in [0.25, 0.3) is 0 Å². The van der Waals surface area contributed by atoms with Gasteiger partial charge in [0.1, 0.15) is 6.10 Å². The first-order valence-electron chi connectivity index (χ1n) is 23.1. The minimum atomic E-state index is -0.786. The zero-order valence-electron chi connectivity index (χ0n) is 35.4. The van der Waals surface area contributed by atoms with Crippen molar-refractivity contribution in [2.45, 2.75) is 257 Å². The standard InChI is InChI=1S/C47H89NO5/c1-4-7-10-13-16-19-22-23-25-26-29-32-35-38-43(53-47(52)40-37-34-31-28-24-20-17-14-11-8-5-2)41-46(51)48-44(42-49)45(50)39-36-33-30-27-21-18-15-12-9-6-3/h16,19,22-23,43-45,49-50H,4-15,17-18,20-21,24-42H2,1-3H3,(H,48,51)/b19-16+,23-22+. The second-order valence-electron chi connectivity index (χ2n) is 15.8. The molecule has 6 nitrogen and oxygen atoms in total. The van der Waals surface area contributed by atoms with Gasteiger partial charge in [-0.2, -0.15) is 0 Å². The zero-order chi connectivity index (χ0) is 38.9. The van der Waals surface area contributed by atoms with Crippen LogP contribution in [0.2, 0.25) is 0 Å². The quantitative estimate of drug-likeness (QED) is 0.0329. The van der Waals surface area contributed by atoms with E-state index in [-0.39, 0.29) is 24.9 Å². The highest BCUT2D eigenvalue weighted by Gasteiger charge is 2.24. The van der Waals surface area contributed by atoms with E-state index in [1.807, 2.05) is 0 Å². The van der Waals surface area contributed by atoms with Crippen molar-refractivity contribution in [3.8, 4) is 0 Å².